The zero-order valence-electron chi connectivity index (χ0n) is 21.9. The highest BCUT2D eigenvalue weighted by Crippen LogP contribution is 2.29. The Kier molecular flexibility index (Phi) is 8.15. The lowest BCUT2D eigenvalue weighted by Crippen LogP contribution is -2.49. The molecule has 0 spiro atoms. The second-order valence-corrected chi connectivity index (χ2v) is 10.5. The number of nitrogens with one attached hydrogen (secondary N) is 2. The van der Waals surface area contributed by atoms with Crippen LogP contribution in [-0.4, -0.2) is 57.6 Å². The number of hydrogen-bond acceptors (Lipinski definition) is 8. The van der Waals surface area contributed by atoms with E-state index in [2.05, 4.69) is 15.6 Å². The first kappa shape index (κ1) is 28.2. The number of pyridine rings is 1. The highest BCUT2D eigenvalue weighted by Gasteiger charge is 2.31. The summed E-state index contributed by atoms with van der Waals surface area (Å²) < 4.78 is 4.86. The number of benzene rings is 2. The van der Waals surface area contributed by atoms with Crippen LogP contribution in [-0.2, 0) is 20.7 Å². The van der Waals surface area contributed by atoms with Gasteiger partial charge < -0.3 is 25.6 Å². The lowest BCUT2D eigenvalue weighted by atomic mass is 10.0. The smallest absolute Gasteiger partial charge is 0.328 e. The highest BCUT2D eigenvalue weighted by atomic mass is 32.1. The fourth-order valence-electron chi connectivity index (χ4n) is 3.97. The van der Waals surface area contributed by atoms with E-state index < -0.39 is 35.3 Å². The Morgan fingerprint density at radius 1 is 1.02 bits per heavy atom. The van der Waals surface area contributed by atoms with Crippen molar-refractivity contribution in [1.82, 2.24) is 15.6 Å². The standard InChI is InChI=1S/C29H27N3O7S/c1-29(2,28(37)38)32-25(34)20-15-22(30-21-11-8-17(14-19(20)21)24-5-4-12-40-24)26(35)31-23(27(36)39-3)13-16-6-9-18(33)10-7-16/h4-12,14-15,23,33H,13H2,1-3H3,(H,31,35)(H,32,34)(H,37,38). The predicted octanol–water partition coefficient (Wildman–Crippen LogP) is 3.78. The third kappa shape index (κ3) is 6.26. The number of amides is 2. The number of fused-ring (bicyclic) bond motifs is 1. The SMILES string of the molecule is COC(=O)C(Cc1ccc(O)cc1)NC(=O)c1cc(C(=O)NC(C)(C)C(=O)O)c2cc(-c3cccs3)ccc2n1. The van der Waals surface area contributed by atoms with Gasteiger partial charge in [-0.15, -0.1) is 11.3 Å². The number of ether oxygens (including phenoxy) is 1. The number of methoxy groups -OCH3 is 1. The van der Waals surface area contributed by atoms with Gasteiger partial charge in [0.25, 0.3) is 11.8 Å². The summed E-state index contributed by atoms with van der Waals surface area (Å²) in [5.74, 6) is -3.30. The first-order valence-electron chi connectivity index (χ1n) is 12.2. The first-order chi connectivity index (χ1) is 19.0. The number of aromatic nitrogens is 1. The molecule has 0 aliphatic heterocycles. The summed E-state index contributed by atoms with van der Waals surface area (Å²) in [4.78, 5) is 56.3. The summed E-state index contributed by atoms with van der Waals surface area (Å²) in [7, 11) is 1.20. The molecule has 0 radical (unpaired) electrons. The minimum Gasteiger partial charge on any atom is -0.508 e. The van der Waals surface area contributed by atoms with E-state index in [4.69, 9.17) is 4.74 Å². The molecule has 2 heterocycles. The minimum atomic E-state index is -1.58. The van der Waals surface area contributed by atoms with Gasteiger partial charge in [-0.1, -0.05) is 24.3 Å². The van der Waals surface area contributed by atoms with Crippen LogP contribution < -0.4 is 10.6 Å². The first-order valence-corrected chi connectivity index (χ1v) is 13.1. The number of carbonyl (C=O) groups is 4. The van der Waals surface area contributed by atoms with E-state index in [9.17, 15) is 29.4 Å². The van der Waals surface area contributed by atoms with Crippen molar-refractivity contribution in [2.24, 2.45) is 0 Å². The fraction of sp³-hybridized carbons (Fsp3) is 0.207. The Bertz CT molecular complexity index is 1580. The summed E-state index contributed by atoms with van der Waals surface area (Å²) in [5.41, 5.74) is 0.148. The molecule has 4 rings (SSSR count). The molecule has 0 aliphatic carbocycles. The second-order valence-electron chi connectivity index (χ2n) is 9.57. The van der Waals surface area contributed by atoms with Gasteiger partial charge in [0.1, 0.15) is 23.0 Å². The number of carbonyl (C=O) groups excluding carboxylic acids is 3. The van der Waals surface area contributed by atoms with Crippen molar-refractivity contribution in [3.05, 3.63) is 82.9 Å². The van der Waals surface area contributed by atoms with Crippen molar-refractivity contribution in [2.75, 3.05) is 7.11 Å². The molecular formula is C29H27N3O7S. The molecule has 1 atom stereocenters. The van der Waals surface area contributed by atoms with Crippen LogP contribution in [0.2, 0.25) is 0 Å². The maximum Gasteiger partial charge on any atom is 0.328 e. The van der Waals surface area contributed by atoms with Crippen LogP contribution >= 0.6 is 11.3 Å². The Labute approximate surface area is 233 Å². The third-order valence-corrected chi connectivity index (χ3v) is 7.14. The van der Waals surface area contributed by atoms with Gasteiger partial charge in [-0.25, -0.2) is 14.6 Å². The molecule has 40 heavy (non-hydrogen) atoms. The van der Waals surface area contributed by atoms with Crippen molar-refractivity contribution < 1.29 is 34.1 Å². The number of carboxylic acids is 1. The van der Waals surface area contributed by atoms with E-state index in [-0.39, 0.29) is 23.4 Å². The number of carboxylic acid groups (broad SMARTS) is 1. The molecule has 2 aromatic heterocycles. The van der Waals surface area contributed by atoms with Crippen LogP contribution in [0.5, 0.6) is 5.75 Å². The number of aliphatic carboxylic acids is 1. The van der Waals surface area contributed by atoms with E-state index in [1.165, 1.54) is 50.5 Å². The zero-order valence-corrected chi connectivity index (χ0v) is 22.7. The summed E-state index contributed by atoms with van der Waals surface area (Å²) in [6.07, 6.45) is 0.0800. The van der Waals surface area contributed by atoms with Crippen LogP contribution in [0.3, 0.4) is 0 Å². The molecule has 206 valence electrons. The van der Waals surface area contributed by atoms with Gasteiger partial charge in [-0.05, 0) is 66.8 Å². The lowest BCUT2D eigenvalue weighted by molar-refractivity contribution is -0.143. The van der Waals surface area contributed by atoms with Crippen molar-refractivity contribution in [3.63, 3.8) is 0 Å². The van der Waals surface area contributed by atoms with E-state index >= 15 is 0 Å². The van der Waals surface area contributed by atoms with Gasteiger partial charge in [-0.2, -0.15) is 0 Å². The Morgan fingerprint density at radius 3 is 2.38 bits per heavy atom. The van der Waals surface area contributed by atoms with Crippen molar-refractivity contribution in [1.29, 1.82) is 0 Å². The predicted molar refractivity (Wildman–Crippen MR) is 149 cm³/mol. The monoisotopic (exact) mass is 561 g/mol. The highest BCUT2D eigenvalue weighted by molar-refractivity contribution is 7.13. The summed E-state index contributed by atoms with van der Waals surface area (Å²) in [6.45, 7) is 2.71. The average Bonchev–Trinajstić information content (AvgIpc) is 3.47. The fourth-order valence-corrected chi connectivity index (χ4v) is 4.69. The molecule has 0 saturated carbocycles. The van der Waals surface area contributed by atoms with Gasteiger partial charge in [0.05, 0.1) is 18.2 Å². The third-order valence-electron chi connectivity index (χ3n) is 6.22. The largest absolute Gasteiger partial charge is 0.508 e. The van der Waals surface area contributed by atoms with Crippen molar-refractivity contribution in [2.45, 2.75) is 31.8 Å². The van der Waals surface area contributed by atoms with Gasteiger partial charge >= 0.3 is 11.9 Å². The maximum absolute atomic E-state index is 13.4. The Morgan fingerprint density at radius 2 is 1.75 bits per heavy atom. The molecule has 2 aromatic carbocycles. The number of nitrogens with zero attached hydrogens (tertiary/aromatic N) is 1. The van der Waals surface area contributed by atoms with Gasteiger partial charge in [0, 0.05) is 16.7 Å². The molecule has 0 fully saturated rings. The zero-order chi connectivity index (χ0) is 29.0. The number of phenols is 1. The van der Waals surface area contributed by atoms with Crippen LogP contribution in [0.15, 0.2) is 66.0 Å². The molecule has 1 unspecified atom stereocenters. The number of rotatable bonds is 9. The van der Waals surface area contributed by atoms with Crippen LogP contribution in [0.25, 0.3) is 21.3 Å². The molecular weight excluding hydrogens is 534 g/mol. The molecule has 0 bridgehead atoms. The second kappa shape index (κ2) is 11.5. The summed E-state index contributed by atoms with van der Waals surface area (Å²) in [5, 5.41) is 26.5. The molecule has 11 heteroatoms. The summed E-state index contributed by atoms with van der Waals surface area (Å²) >= 11 is 1.51. The molecule has 10 nitrogen and oxygen atoms in total. The molecule has 0 saturated heterocycles. The number of esters is 1. The van der Waals surface area contributed by atoms with Crippen molar-refractivity contribution >= 4 is 46.0 Å². The van der Waals surface area contributed by atoms with E-state index in [1.54, 1.807) is 24.3 Å². The topological polar surface area (TPSA) is 155 Å². The molecule has 0 aliphatic rings. The van der Waals surface area contributed by atoms with Gasteiger partial charge in [0.2, 0.25) is 0 Å². The Balaban J connectivity index is 1.73. The van der Waals surface area contributed by atoms with Crippen molar-refractivity contribution in [3.8, 4) is 16.2 Å². The van der Waals surface area contributed by atoms with Gasteiger partial charge in [-0.3, -0.25) is 9.59 Å². The Hall–Kier alpha value is -4.77. The number of thiophene rings is 1. The number of hydrogen-bond donors (Lipinski definition) is 4. The molecule has 2 amide bonds. The van der Waals surface area contributed by atoms with Crippen LogP contribution in [0.4, 0.5) is 0 Å². The van der Waals surface area contributed by atoms with Gasteiger partial charge in [0.15, 0.2) is 0 Å². The molecule has 4 N–H and O–H groups in total. The minimum absolute atomic E-state index is 0.0519. The lowest BCUT2D eigenvalue weighted by Gasteiger charge is -2.22. The van der Waals surface area contributed by atoms with E-state index in [0.29, 0.717) is 16.5 Å². The number of phenolic OH excluding ortho intramolecular Hbond substituents is 1. The average molecular weight is 562 g/mol. The van der Waals surface area contributed by atoms with E-state index in [1.807, 2.05) is 23.6 Å². The normalized spacial score (nSPS) is 12.0. The maximum atomic E-state index is 13.4. The van der Waals surface area contributed by atoms with E-state index in [0.717, 1.165) is 10.4 Å². The van der Waals surface area contributed by atoms with Crippen LogP contribution in [0.1, 0.15) is 40.3 Å². The quantitative estimate of drug-likeness (QED) is 0.225. The summed E-state index contributed by atoms with van der Waals surface area (Å²) in [6, 6.07) is 15.4. The molecule has 4 aromatic rings. The number of aromatic hydroxyl groups is 1. The van der Waals surface area contributed by atoms with Crippen LogP contribution in [0, 0.1) is 0 Å².